The van der Waals surface area contributed by atoms with E-state index < -0.39 is 16.5 Å². The van der Waals surface area contributed by atoms with Gasteiger partial charge in [0, 0.05) is 22.0 Å². The van der Waals surface area contributed by atoms with Crippen molar-refractivity contribution in [2.24, 2.45) is 0 Å². The van der Waals surface area contributed by atoms with Crippen LogP contribution in [0.3, 0.4) is 0 Å². The maximum absolute atomic E-state index is 10.3. The lowest BCUT2D eigenvalue weighted by atomic mass is 10.4. The number of nitrogens with zero attached hydrogens (tertiary/aromatic N) is 2. The first-order valence-electron chi connectivity index (χ1n) is 3.71. The van der Waals surface area contributed by atoms with Crippen LogP contribution in [-0.4, -0.2) is 15.0 Å². The van der Waals surface area contributed by atoms with E-state index in [1.54, 1.807) is 0 Å². The maximum Gasteiger partial charge on any atom is 0.408 e. The molecule has 0 amide bonds. The Balaban J connectivity index is 0.000000791. The third-order valence-electron chi connectivity index (χ3n) is 1.07. The summed E-state index contributed by atoms with van der Waals surface area (Å²) < 4.78 is 0.523. The van der Waals surface area contributed by atoms with Crippen LogP contribution in [0.15, 0.2) is 15.1 Å². The highest BCUT2D eigenvalue weighted by atomic mass is 79.9. The summed E-state index contributed by atoms with van der Waals surface area (Å²) in [4.78, 5) is 13.0. The zero-order valence-electron chi connectivity index (χ0n) is 7.49. The Bertz CT molecular complexity index is 344. The average Bonchev–Trinajstić information content (AvgIpc) is 2.14. The van der Waals surface area contributed by atoms with Crippen molar-refractivity contribution in [1.82, 2.24) is 4.98 Å². The van der Waals surface area contributed by atoms with Gasteiger partial charge in [-0.25, -0.2) is 0 Å². The van der Waals surface area contributed by atoms with Gasteiger partial charge >= 0.3 is 5.82 Å². The SMILES string of the molecule is CC.O=[N+]([O-])c1nc(Br)cc(Br)c1O. The van der Waals surface area contributed by atoms with Gasteiger partial charge in [-0.2, -0.15) is 0 Å². The van der Waals surface area contributed by atoms with Gasteiger partial charge < -0.3 is 15.2 Å². The fraction of sp³-hybridized carbons (Fsp3) is 0.286. The van der Waals surface area contributed by atoms with E-state index in [-0.39, 0.29) is 4.47 Å². The lowest BCUT2D eigenvalue weighted by molar-refractivity contribution is -0.390. The Morgan fingerprint density at radius 2 is 2.00 bits per heavy atom. The predicted octanol–water partition coefficient (Wildman–Crippen LogP) is 3.25. The van der Waals surface area contributed by atoms with Gasteiger partial charge in [0.2, 0.25) is 10.4 Å². The van der Waals surface area contributed by atoms with Crippen LogP contribution in [0.2, 0.25) is 0 Å². The summed E-state index contributed by atoms with van der Waals surface area (Å²) in [6.45, 7) is 4.00. The minimum absolute atomic E-state index is 0.232. The summed E-state index contributed by atoms with van der Waals surface area (Å²) in [5, 5.41) is 19.4. The Morgan fingerprint density at radius 3 is 2.43 bits per heavy atom. The molecule has 0 aliphatic heterocycles. The summed E-state index contributed by atoms with van der Waals surface area (Å²) in [6.07, 6.45) is 0. The lowest BCUT2D eigenvalue weighted by Gasteiger charge is -1.97. The number of halogens is 2. The molecule has 0 radical (unpaired) electrons. The number of rotatable bonds is 1. The van der Waals surface area contributed by atoms with Gasteiger partial charge in [0.15, 0.2) is 0 Å². The molecular weight excluding hydrogens is 320 g/mol. The second kappa shape index (κ2) is 5.92. The van der Waals surface area contributed by atoms with Crippen LogP contribution >= 0.6 is 31.9 Å². The van der Waals surface area contributed by atoms with Crippen molar-refractivity contribution in [2.75, 3.05) is 0 Å². The molecule has 78 valence electrons. The van der Waals surface area contributed by atoms with Crippen LogP contribution in [0.1, 0.15) is 13.8 Å². The molecule has 1 heterocycles. The number of aromatic hydroxyl groups is 1. The summed E-state index contributed by atoms with van der Waals surface area (Å²) >= 11 is 5.90. The second-order valence-corrected chi connectivity index (χ2v) is 3.52. The van der Waals surface area contributed by atoms with Crippen molar-refractivity contribution in [3.63, 3.8) is 0 Å². The van der Waals surface area contributed by atoms with Gasteiger partial charge in [-0.05, 0) is 25.8 Å². The molecule has 7 heteroatoms. The van der Waals surface area contributed by atoms with E-state index >= 15 is 0 Å². The summed E-state index contributed by atoms with van der Waals surface area (Å²) in [5.74, 6) is -1.04. The van der Waals surface area contributed by atoms with Crippen molar-refractivity contribution in [3.8, 4) is 5.75 Å². The molecular formula is C7H8Br2N2O3. The van der Waals surface area contributed by atoms with E-state index in [1.165, 1.54) is 6.07 Å². The Labute approximate surface area is 97.6 Å². The van der Waals surface area contributed by atoms with E-state index in [0.717, 1.165) is 0 Å². The van der Waals surface area contributed by atoms with E-state index in [9.17, 15) is 10.1 Å². The highest BCUT2D eigenvalue weighted by molar-refractivity contribution is 9.11. The topological polar surface area (TPSA) is 76.3 Å². The van der Waals surface area contributed by atoms with Crippen molar-refractivity contribution >= 4 is 37.7 Å². The first-order valence-corrected chi connectivity index (χ1v) is 5.30. The molecule has 14 heavy (non-hydrogen) atoms. The molecule has 0 saturated heterocycles. The van der Waals surface area contributed by atoms with Gasteiger partial charge in [0.25, 0.3) is 0 Å². The largest absolute Gasteiger partial charge is 0.500 e. The van der Waals surface area contributed by atoms with Crippen LogP contribution in [0.25, 0.3) is 0 Å². The van der Waals surface area contributed by atoms with Gasteiger partial charge in [-0.1, -0.05) is 13.8 Å². The molecule has 0 saturated carbocycles. The molecule has 0 aromatic carbocycles. The fourth-order valence-corrected chi connectivity index (χ4v) is 1.69. The van der Waals surface area contributed by atoms with Crippen LogP contribution in [0.4, 0.5) is 5.82 Å². The smallest absolute Gasteiger partial charge is 0.408 e. The number of hydrogen-bond donors (Lipinski definition) is 1. The van der Waals surface area contributed by atoms with E-state index in [0.29, 0.717) is 4.60 Å². The van der Waals surface area contributed by atoms with E-state index in [2.05, 4.69) is 36.8 Å². The molecule has 0 aliphatic rings. The molecule has 5 nitrogen and oxygen atoms in total. The third-order valence-corrected chi connectivity index (χ3v) is 2.08. The van der Waals surface area contributed by atoms with Crippen molar-refractivity contribution in [3.05, 3.63) is 25.3 Å². The first kappa shape index (κ1) is 13.3. The van der Waals surface area contributed by atoms with Crippen molar-refractivity contribution < 1.29 is 10.0 Å². The highest BCUT2D eigenvalue weighted by Crippen LogP contribution is 2.33. The quantitative estimate of drug-likeness (QED) is 0.488. The standard InChI is InChI=1S/C5H2Br2N2O3.C2H6/c6-2-1-3(7)8-5(4(2)10)9(11)12;1-2/h1,10H;1-2H3. The van der Waals surface area contributed by atoms with Crippen LogP contribution in [0, 0.1) is 10.1 Å². The molecule has 0 atom stereocenters. The minimum atomic E-state index is -0.759. The third kappa shape index (κ3) is 3.22. The van der Waals surface area contributed by atoms with Gasteiger partial charge in [0.05, 0.1) is 4.47 Å². The van der Waals surface area contributed by atoms with Gasteiger partial charge in [-0.15, -0.1) is 0 Å². The zero-order valence-corrected chi connectivity index (χ0v) is 10.7. The van der Waals surface area contributed by atoms with Crippen LogP contribution < -0.4 is 0 Å². The maximum atomic E-state index is 10.3. The molecule has 0 aliphatic carbocycles. The number of pyridine rings is 1. The molecule has 1 aromatic heterocycles. The molecule has 1 rings (SSSR count). The summed E-state index contributed by atoms with van der Waals surface area (Å²) in [5.41, 5.74) is 0. The lowest BCUT2D eigenvalue weighted by Crippen LogP contribution is -1.93. The zero-order chi connectivity index (χ0) is 11.3. The average molecular weight is 328 g/mol. The minimum Gasteiger partial charge on any atom is -0.500 e. The van der Waals surface area contributed by atoms with Crippen LogP contribution in [0.5, 0.6) is 5.75 Å². The van der Waals surface area contributed by atoms with Gasteiger partial charge in [0.1, 0.15) is 0 Å². The number of nitro groups is 1. The second-order valence-electron chi connectivity index (χ2n) is 1.86. The molecule has 0 unspecified atom stereocenters. The van der Waals surface area contributed by atoms with Crippen LogP contribution in [-0.2, 0) is 0 Å². The molecule has 0 bridgehead atoms. The number of hydrogen-bond acceptors (Lipinski definition) is 4. The Hall–Kier alpha value is -0.690. The van der Waals surface area contributed by atoms with Gasteiger partial charge in [-0.3, -0.25) is 0 Å². The number of aromatic nitrogens is 1. The van der Waals surface area contributed by atoms with Crippen molar-refractivity contribution in [2.45, 2.75) is 13.8 Å². The van der Waals surface area contributed by atoms with Crippen molar-refractivity contribution in [1.29, 1.82) is 0 Å². The molecule has 0 fully saturated rings. The Morgan fingerprint density at radius 1 is 1.50 bits per heavy atom. The highest BCUT2D eigenvalue weighted by Gasteiger charge is 2.19. The normalized spacial score (nSPS) is 8.86. The Kier molecular flexibility index (Phi) is 5.63. The molecule has 1 N–H and O–H groups in total. The first-order chi connectivity index (χ1) is 6.52. The predicted molar refractivity (Wildman–Crippen MR) is 59.3 cm³/mol. The summed E-state index contributed by atoms with van der Waals surface area (Å²) in [6, 6.07) is 1.42. The fourth-order valence-electron chi connectivity index (χ4n) is 0.593. The summed E-state index contributed by atoms with van der Waals surface area (Å²) in [7, 11) is 0. The monoisotopic (exact) mass is 326 g/mol. The van der Waals surface area contributed by atoms with E-state index in [4.69, 9.17) is 5.11 Å². The molecule has 0 spiro atoms. The molecule has 1 aromatic rings. The van der Waals surface area contributed by atoms with E-state index in [1.807, 2.05) is 13.8 Å².